The molecule has 0 aliphatic carbocycles. The van der Waals surface area contributed by atoms with E-state index in [0.29, 0.717) is 0 Å². The van der Waals surface area contributed by atoms with Gasteiger partial charge in [0.05, 0.1) is 0 Å². The normalized spacial score (nSPS) is 6.75. The first-order valence-electron chi connectivity index (χ1n) is 2.07. The van der Waals surface area contributed by atoms with Crippen LogP contribution in [0.5, 0.6) is 0 Å². The standard InChI is InChI=1S/C5H9NO.ClH/c1-4(2)3-5(6)7;/h3H,1-2H3,(H2,6,7);1H. The summed E-state index contributed by atoms with van der Waals surface area (Å²) in [7, 11) is 0. The maximum atomic E-state index is 9.96. The number of hydrogen-bond acceptors (Lipinski definition) is 1. The lowest BCUT2D eigenvalue weighted by molar-refractivity contribution is -0.113. The predicted molar refractivity (Wildman–Crippen MR) is 35.9 cm³/mol. The molecule has 0 aromatic heterocycles. The second kappa shape index (κ2) is 4.65. The number of primary amides is 1. The Morgan fingerprint density at radius 1 is 1.50 bits per heavy atom. The van der Waals surface area contributed by atoms with E-state index in [0.717, 1.165) is 5.57 Å². The number of amides is 1. The number of allylic oxidation sites excluding steroid dienone is 1. The predicted octanol–water partition coefficient (Wildman–Crippen LogP) is 0.860. The van der Waals surface area contributed by atoms with Gasteiger partial charge in [0.2, 0.25) is 5.91 Å². The molecule has 1 amide bonds. The van der Waals surface area contributed by atoms with E-state index >= 15 is 0 Å². The lowest BCUT2D eigenvalue weighted by atomic mass is 10.3. The molecule has 0 aliphatic heterocycles. The lowest BCUT2D eigenvalue weighted by Gasteiger charge is -1.80. The molecule has 0 saturated heterocycles. The fourth-order valence-electron chi connectivity index (χ4n) is 0.285. The third-order valence-electron chi connectivity index (χ3n) is 0.431. The highest BCUT2D eigenvalue weighted by atomic mass is 35.5. The maximum Gasteiger partial charge on any atom is 0.241 e. The molecule has 0 radical (unpaired) electrons. The fourth-order valence-corrected chi connectivity index (χ4v) is 0.285. The van der Waals surface area contributed by atoms with Gasteiger partial charge in [0.25, 0.3) is 0 Å². The topological polar surface area (TPSA) is 43.1 Å². The molecule has 2 N–H and O–H groups in total. The van der Waals surface area contributed by atoms with Crippen LogP contribution in [0, 0.1) is 0 Å². The number of hydrogen-bond donors (Lipinski definition) is 1. The van der Waals surface area contributed by atoms with E-state index in [2.05, 4.69) is 0 Å². The molecule has 3 heteroatoms. The number of carbonyl (C=O) groups is 1. The Labute approximate surface area is 55.2 Å². The third-order valence-corrected chi connectivity index (χ3v) is 0.431. The average molecular weight is 136 g/mol. The number of carbonyl (C=O) groups excluding carboxylic acids is 1. The highest BCUT2D eigenvalue weighted by Crippen LogP contribution is 1.84. The molecule has 0 aromatic carbocycles. The van der Waals surface area contributed by atoms with Crippen molar-refractivity contribution in [2.45, 2.75) is 13.8 Å². The molecule has 0 saturated carbocycles. The van der Waals surface area contributed by atoms with Crippen molar-refractivity contribution in [1.29, 1.82) is 0 Å². The highest BCUT2D eigenvalue weighted by molar-refractivity contribution is 5.86. The van der Waals surface area contributed by atoms with E-state index in [-0.39, 0.29) is 18.3 Å². The first kappa shape index (κ1) is 10.5. The Balaban J connectivity index is 0. The van der Waals surface area contributed by atoms with Gasteiger partial charge in [-0.05, 0) is 13.8 Å². The Hall–Kier alpha value is -0.500. The van der Waals surface area contributed by atoms with E-state index in [9.17, 15) is 4.79 Å². The van der Waals surface area contributed by atoms with Gasteiger partial charge in [-0.25, -0.2) is 0 Å². The van der Waals surface area contributed by atoms with Crippen molar-refractivity contribution >= 4 is 18.3 Å². The van der Waals surface area contributed by atoms with Gasteiger partial charge < -0.3 is 5.73 Å². The minimum absolute atomic E-state index is 0. The zero-order valence-corrected chi connectivity index (χ0v) is 5.79. The van der Waals surface area contributed by atoms with Crippen molar-refractivity contribution < 1.29 is 4.79 Å². The van der Waals surface area contributed by atoms with Gasteiger partial charge in [-0.1, -0.05) is 5.57 Å². The first-order valence-corrected chi connectivity index (χ1v) is 2.07. The second-order valence-electron chi connectivity index (χ2n) is 1.62. The largest absolute Gasteiger partial charge is 0.366 e. The van der Waals surface area contributed by atoms with Crippen LogP contribution in [0.2, 0.25) is 0 Å². The zero-order valence-electron chi connectivity index (χ0n) is 4.97. The van der Waals surface area contributed by atoms with E-state index in [1.54, 1.807) is 0 Å². The summed E-state index contributed by atoms with van der Waals surface area (Å²) < 4.78 is 0. The molecular formula is C5H10ClNO. The minimum Gasteiger partial charge on any atom is -0.366 e. The first-order chi connectivity index (χ1) is 3.13. The molecule has 0 unspecified atom stereocenters. The summed E-state index contributed by atoms with van der Waals surface area (Å²) in [6.45, 7) is 3.65. The van der Waals surface area contributed by atoms with E-state index < -0.39 is 0 Å². The van der Waals surface area contributed by atoms with Crippen LogP contribution in [0.3, 0.4) is 0 Å². The molecule has 2 nitrogen and oxygen atoms in total. The van der Waals surface area contributed by atoms with Gasteiger partial charge in [0.15, 0.2) is 0 Å². The molecule has 0 heterocycles. The van der Waals surface area contributed by atoms with Gasteiger partial charge in [-0.15, -0.1) is 12.4 Å². The SMILES string of the molecule is CC(C)=CC(N)=O.Cl. The Morgan fingerprint density at radius 2 is 1.88 bits per heavy atom. The smallest absolute Gasteiger partial charge is 0.241 e. The summed E-state index contributed by atoms with van der Waals surface area (Å²) in [4.78, 5) is 9.96. The van der Waals surface area contributed by atoms with Crippen LogP contribution in [0.1, 0.15) is 13.8 Å². The maximum absolute atomic E-state index is 9.96. The van der Waals surface area contributed by atoms with E-state index in [1.807, 2.05) is 13.8 Å². The highest BCUT2D eigenvalue weighted by Gasteiger charge is 1.80. The molecule has 0 aliphatic rings. The van der Waals surface area contributed by atoms with Crippen LogP contribution in [0.25, 0.3) is 0 Å². The van der Waals surface area contributed by atoms with Crippen molar-refractivity contribution in [2.24, 2.45) is 5.73 Å². The molecule has 0 aromatic rings. The molecule has 0 rings (SSSR count). The van der Waals surface area contributed by atoms with Crippen LogP contribution in [-0.4, -0.2) is 5.91 Å². The van der Waals surface area contributed by atoms with E-state index in [4.69, 9.17) is 5.73 Å². The molecule has 0 bridgehead atoms. The van der Waals surface area contributed by atoms with Gasteiger partial charge in [0.1, 0.15) is 0 Å². The zero-order chi connectivity index (χ0) is 5.86. The van der Waals surface area contributed by atoms with Gasteiger partial charge in [-0.2, -0.15) is 0 Å². The molecule has 0 atom stereocenters. The number of rotatable bonds is 1. The van der Waals surface area contributed by atoms with Crippen LogP contribution in [0.15, 0.2) is 11.6 Å². The quantitative estimate of drug-likeness (QED) is 0.533. The second-order valence-corrected chi connectivity index (χ2v) is 1.62. The number of halogens is 1. The average Bonchev–Trinajstić information content (AvgIpc) is 1.27. The monoisotopic (exact) mass is 135 g/mol. The van der Waals surface area contributed by atoms with E-state index in [1.165, 1.54) is 6.08 Å². The molecule has 48 valence electrons. The minimum atomic E-state index is -0.375. The van der Waals surface area contributed by atoms with Crippen LogP contribution in [0.4, 0.5) is 0 Å². The van der Waals surface area contributed by atoms with Crippen molar-refractivity contribution in [3.63, 3.8) is 0 Å². The molecular weight excluding hydrogens is 126 g/mol. The summed E-state index contributed by atoms with van der Waals surface area (Å²) >= 11 is 0. The van der Waals surface area contributed by atoms with Crippen LogP contribution in [-0.2, 0) is 4.79 Å². The molecule has 0 spiro atoms. The fraction of sp³-hybridized carbons (Fsp3) is 0.400. The summed E-state index contributed by atoms with van der Waals surface area (Å²) in [5, 5.41) is 0. The Morgan fingerprint density at radius 3 is 1.88 bits per heavy atom. The molecule has 8 heavy (non-hydrogen) atoms. The Bertz CT molecular complexity index is 105. The van der Waals surface area contributed by atoms with Gasteiger partial charge in [0, 0.05) is 6.08 Å². The van der Waals surface area contributed by atoms with Crippen LogP contribution < -0.4 is 5.73 Å². The summed E-state index contributed by atoms with van der Waals surface area (Å²) in [5.74, 6) is -0.375. The van der Waals surface area contributed by atoms with Gasteiger partial charge in [-0.3, -0.25) is 4.79 Å². The van der Waals surface area contributed by atoms with Crippen molar-refractivity contribution in [3.8, 4) is 0 Å². The summed E-state index contributed by atoms with van der Waals surface area (Å²) in [6.07, 6.45) is 1.39. The summed E-state index contributed by atoms with van der Waals surface area (Å²) in [6, 6.07) is 0. The lowest BCUT2D eigenvalue weighted by Crippen LogP contribution is -2.05. The summed E-state index contributed by atoms with van der Waals surface area (Å²) in [5.41, 5.74) is 5.72. The van der Waals surface area contributed by atoms with Crippen molar-refractivity contribution in [3.05, 3.63) is 11.6 Å². The van der Waals surface area contributed by atoms with Crippen molar-refractivity contribution in [2.75, 3.05) is 0 Å². The van der Waals surface area contributed by atoms with Crippen molar-refractivity contribution in [1.82, 2.24) is 0 Å². The molecule has 0 fully saturated rings. The van der Waals surface area contributed by atoms with Crippen LogP contribution >= 0.6 is 12.4 Å². The Kier molecular flexibility index (Phi) is 6.09. The van der Waals surface area contributed by atoms with Gasteiger partial charge >= 0.3 is 0 Å². The number of nitrogens with two attached hydrogens (primary N) is 1. The third kappa shape index (κ3) is 9.09.